The van der Waals surface area contributed by atoms with Gasteiger partial charge < -0.3 is 34.7 Å². The number of fused-ring (bicyclic) bond motifs is 2. The third-order valence-electron chi connectivity index (χ3n) is 8.65. The van der Waals surface area contributed by atoms with Crippen LogP contribution in [0, 0.1) is 0 Å². The second kappa shape index (κ2) is 24.3. The number of rotatable bonds is 13. The molecule has 20 heteroatoms. The van der Waals surface area contributed by atoms with E-state index >= 15 is 0 Å². The van der Waals surface area contributed by atoms with E-state index < -0.39 is 11.9 Å². The fourth-order valence-corrected chi connectivity index (χ4v) is 7.04. The Morgan fingerprint density at radius 2 is 1.09 bits per heavy atom. The minimum atomic E-state index is -4.54. The molecule has 7 aromatic rings. The maximum atomic E-state index is 12.9. The molecular weight excluding hydrogens is 983 g/mol. The molecule has 0 bridgehead atoms. The molecule has 66 heavy (non-hydrogen) atoms. The number of nitrogens with zero attached hydrogens (tertiary/aromatic N) is 8. The van der Waals surface area contributed by atoms with E-state index in [4.69, 9.17) is 5.41 Å². The summed E-state index contributed by atoms with van der Waals surface area (Å²) in [6.45, 7) is 0.965. The van der Waals surface area contributed by atoms with Crippen molar-refractivity contribution in [3.05, 3.63) is 168 Å². The summed E-state index contributed by atoms with van der Waals surface area (Å²) in [6, 6.07) is 31.1. The fraction of sp³-hybridized carbons (Fsp3) is 0.0217. The smallest absolute Gasteiger partial charge is 0.753 e. The second-order valence-corrected chi connectivity index (χ2v) is 14.0. The number of thiocarbonyl (C=S) groups is 1. The van der Waals surface area contributed by atoms with Crippen LogP contribution in [0.2, 0.25) is 0 Å². The number of hydrogen-bond acceptors (Lipinski definition) is 14. The molecule has 330 valence electrons. The standard InChI is InChI=1S/C24H17N3O6.C21H12F3N4S.CNS.Ru/c28-15-31-8-3-18-1-6-25-21(11-18)23-13-20(5-10-33-17-30)14-24(27-23)22-12-19(2-7-26-22)4-9-32-16-29;22-21(23,24)20-12-15(26-27-20)14-11-13(9-10-25-14)28-16-5-1-3-7-18(16)29-19-8-4-2-6-17(19)28;2-1-3;/h1-17H;1-12H;;/q;2*-1;+2/b8-3+,9-4+,10-5+;;;. The number of benzene rings is 2. The van der Waals surface area contributed by atoms with Crippen molar-refractivity contribution in [1.82, 2.24) is 30.1 Å². The van der Waals surface area contributed by atoms with E-state index in [-0.39, 0.29) is 25.2 Å². The number of ether oxygens (including phenoxy) is 3. The topological polar surface area (TPSA) is 183 Å². The first-order valence-corrected chi connectivity index (χ1v) is 19.8. The molecule has 0 aliphatic carbocycles. The first kappa shape index (κ1) is 49.3. The number of carbonyl (C=O) groups excluding carboxylic acids is 3. The average molecular weight is 1010 g/mol. The van der Waals surface area contributed by atoms with Crippen molar-refractivity contribution in [2.75, 3.05) is 4.90 Å². The monoisotopic (exact) mass is 1010 g/mol. The Morgan fingerprint density at radius 1 is 0.636 bits per heavy atom. The summed E-state index contributed by atoms with van der Waals surface area (Å²) < 4.78 is 52.5. The van der Waals surface area contributed by atoms with Gasteiger partial charge in [0.05, 0.1) is 58.6 Å². The van der Waals surface area contributed by atoms with Gasteiger partial charge in [0.15, 0.2) is 0 Å². The molecule has 0 N–H and O–H groups in total. The van der Waals surface area contributed by atoms with Gasteiger partial charge in [0, 0.05) is 34.1 Å². The molecule has 14 nitrogen and oxygen atoms in total. The molecule has 0 atom stereocenters. The molecule has 0 saturated heterocycles. The fourth-order valence-electron chi connectivity index (χ4n) is 5.98. The first-order chi connectivity index (χ1) is 31.6. The van der Waals surface area contributed by atoms with E-state index in [1.165, 1.54) is 23.9 Å². The number of hydrogen-bond donors (Lipinski definition) is 0. The van der Waals surface area contributed by atoms with Gasteiger partial charge in [0.25, 0.3) is 19.4 Å². The van der Waals surface area contributed by atoms with Crippen LogP contribution in [0.3, 0.4) is 0 Å². The Labute approximate surface area is 396 Å². The zero-order valence-electron chi connectivity index (χ0n) is 33.6. The van der Waals surface area contributed by atoms with Crippen molar-refractivity contribution in [1.29, 1.82) is 0 Å². The average Bonchev–Trinajstić information content (AvgIpc) is 3.84. The summed E-state index contributed by atoms with van der Waals surface area (Å²) in [5.74, 6) is 0. The van der Waals surface area contributed by atoms with Crippen molar-refractivity contribution in [2.24, 2.45) is 0 Å². The predicted molar refractivity (Wildman–Crippen MR) is 240 cm³/mol. The maximum Gasteiger partial charge on any atom is 2.00 e. The minimum Gasteiger partial charge on any atom is -0.753 e. The molecule has 5 aromatic heterocycles. The number of pyridine rings is 4. The number of aromatic nitrogens is 6. The summed E-state index contributed by atoms with van der Waals surface area (Å²) >= 11 is 5.38. The van der Waals surface area contributed by atoms with Gasteiger partial charge in [0.2, 0.25) is 0 Å². The molecule has 2 aromatic carbocycles. The number of para-hydroxylation sites is 2. The Balaban J connectivity index is 0.000000231. The van der Waals surface area contributed by atoms with Crippen molar-refractivity contribution in [3.8, 4) is 34.2 Å². The van der Waals surface area contributed by atoms with Crippen LogP contribution in [0.4, 0.5) is 30.2 Å². The summed E-state index contributed by atoms with van der Waals surface area (Å²) in [5, 5.41) is 15.4. The molecule has 1 aliphatic heterocycles. The number of isothiocyanates is 1. The minimum absolute atomic E-state index is 0. The van der Waals surface area contributed by atoms with Crippen molar-refractivity contribution < 1.29 is 61.2 Å². The Morgan fingerprint density at radius 3 is 1.58 bits per heavy atom. The van der Waals surface area contributed by atoms with E-state index in [9.17, 15) is 27.6 Å². The summed E-state index contributed by atoms with van der Waals surface area (Å²) in [6.07, 6.45) is 8.84. The van der Waals surface area contributed by atoms with Gasteiger partial charge in [-0.2, -0.15) is 18.3 Å². The SMILES string of the molecule is FC(F)(F)c1cc(-c2cc(N3c4ccccc4Sc4ccccc43)ccn2)[n-]n1.O=CO/C=C/c1ccnc(-c2cc(/C=C/OC=O)cc(-c3cc(/C=C/OC=O)ccn3)n2)c1.[N-]=C=S.[Ru+2]. The van der Waals surface area contributed by atoms with E-state index in [1.54, 1.807) is 91.0 Å². The summed E-state index contributed by atoms with van der Waals surface area (Å²) in [7, 11) is 0. The second-order valence-electron chi connectivity index (χ2n) is 12.7. The Bertz CT molecular complexity index is 2800. The molecule has 0 unspecified atom stereocenters. The summed E-state index contributed by atoms with van der Waals surface area (Å²) in [5.41, 5.74) is 6.56. The van der Waals surface area contributed by atoms with Crippen LogP contribution in [-0.4, -0.2) is 49.6 Å². The van der Waals surface area contributed by atoms with Gasteiger partial charge in [-0.1, -0.05) is 53.9 Å². The van der Waals surface area contributed by atoms with Gasteiger partial charge in [-0.3, -0.25) is 29.3 Å². The molecule has 0 radical (unpaired) electrons. The first-order valence-electron chi connectivity index (χ1n) is 18.6. The van der Waals surface area contributed by atoms with E-state index in [1.807, 2.05) is 54.6 Å². The van der Waals surface area contributed by atoms with Crippen LogP contribution in [0.5, 0.6) is 0 Å². The molecule has 0 spiro atoms. The van der Waals surface area contributed by atoms with Gasteiger partial charge in [-0.15, -0.1) is 0 Å². The number of anilines is 3. The largest absolute Gasteiger partial charge is 2.00 e. The van der Waals surface area contributed by atoms with Crippen LogP contribution >= 0.6 is 24.0 Å². The van der Waals surface area contributed by atoms with Crippen molar-refractivity contribution in [2.45, 2.75) is 16.0 Å². The van der Waals surface area contributed by atoms with Crippen LogP contribution in [0.25, 0.3) is 57.8 Å². The third-order valence-corrected chi connectivity index (χ3v) is 9.78. The van der Waals surface area contributed by atoms with Crippen LogP contribution in [0.15, 0.2) is 150 Å². The van der Waals surface area contributed by atoms with Crippen LogP contribution in [-0.2, 0) is 54.2 Å². The van der Waals surface area contributed by atoms with Crippen LogP contribution in [0.1, 0.15) is 22.4 Å². The molecule has 8 rings (SSSR count). The quantitative estimate of drug-likeness (QED) is 0.0265. The van der Waals surface area contributed by atoms with E-state index in [2.05, 4.69) is 61.5 Å². The third kappa shape index (κ3) is 13.2. The number of alkyl halides is 3. The van der Waals surface area contributed by atoms with Crippen molar-refractivity contribution in [3.63, 3.8) is 0 Å². The van der Waals surface area contributed by atoms with Crippen molar-refractivity contribution >= 4 is 83.8 Å². The van der Waals surface area contributed by atoms with Crippen LogP contribution < -0.4 is 10.00 Å². The zero-order valence-corrected chi connectivity index (χ0v) is 36.9. The number of carbonyl (C=O) groups is 3. The number of halogens is 3. The van der Waals surface area contributed by atoms with E-state index in [0.29, 0.717) is 53.4 Å². The molecule has 1 aliphatic rings. The summed E-state index contributed by atoms with van der Waals surface area (Å²) in [4.78, 5) is 53.1. The Hall–Kier alpha value is -7.76. The normalized spacial score (nSPS) is 11.4. The molecule has 0 saturated carbocycles. The molecular formula is C46H29F3N8O6RuS2. The maximum absolute atomic E-state index is 12.9. The van der Waals surface area contributed by atoms with Gasteiger partial charge >= 0.3 is 25.7 Å². The zero-order chi connectivity index (χ0) is 46.0. The Kier molecular flexibility index (Phi) is 18.2. The van der Waals surface area contributed by atoms with E-state index in [0.717, 1.165) is 44.0 Å². The van der Waals surface area contributed by atoms with Gasteiger partial charge in [0.1, 0.15) is 5.69 Å². The molecule has 6 heterocycles. The molecule has 0 amide bonds. The van der Waals surface area contributed by atoms with Gasteiger partial charge in [-0.05, 0) is 114 Å². The predicted octanol–water partition coefficient (Wildman–Crippen LogP) is 10.3. The van der Waals surface area contributed by atoms with Gasteiger partial charge in [-0.25, -0.2) is 4.98 Å². The molecule has 0 fully saturated rings.